The van der Waals surface area contributed by atoms with E-state index in [-0.39, 0.29) is 5.56 Å². The van der Waals surface area contributed by atoms with E-state index < -0.39 is 0 Å². The topological polar surface area (TPSA) is 92.3 Å². The first-order chi connectivity index (χ1) is 9.19. The van der Waals surface area contributed by atoms with E-state index in [2.05, 4.69) is 20.0 Å². The largest absolute Gasteiger partial charge is 0.329 e. The van der Waals surface area contributed by atoms with Crippen molar-refractivity contribution in [2.45, 2.75) is 25.4 Å². The zero-order chi connectivity index (χ0) is 13.4. The van der Waals surface area contributed by atoms with Crippen LogP contribution >= 0.6 is 0 Å². The molecule has 3 rings (SSSR count). The number of hydrogen-bond donors (Lipinski definition) is 2. The Hall–Kier alpha value is -1.73. The molecule has 3 N–H and O–H groups in total. The summed E-state index contributed by atoms with van der Waals surface area (Å²) in [5, 5.41) is 2.73. The maximum atomic E-state index is 11.8. The van der Waals surface area contributed by atoms with Crippen molar-refractivity contribution in [3.05, 3.63) is 28.4 Å². The number of nitrogens with two attached hydrogens (primary N) is 1. The first-order valence-electron chi connectivity index (χ1n) is 6.51. The third kappa shape index (κ3) is 2.39. The summed E-state index contributed by atoms with van der Waals surface area (Å²) in [7, 11) is 2.03. The second-order valence-electron chi connectivity index (χ2n) is 5.16. The number of likely N-dealkylation sites (N-methyl/N-ethyl adjacent to an activating group) is 1. The maximum Gasteiger partial charge on any atom is 0.274 e. The molecular weight excluding hydrogens is 244 g/mol. The summed E-state index contributed by atoms with van der Waals surface area (Å²) >= 11 is 0. The Kier molecular flexibility index (Phi) is 3.08. The van der Waals surface area contributed by atoms with Gasteiger partial charge in [-0.2, -0.15) is 4.52 Å². The summed E-state index contributed by atoms with van der Waals surface area (Å²) in [6.45, 7) is 1.27. The van der Waals surface area contributed by atoms with Gasteiger partial charge in [0.05, 0.1) is 5.69 Å². The quantitative estimate of drug-likeness (QED) is 0.764. The third-order valence-electron chi connectivity index (χ3n) is 3.71. The lowest BCUT2D eigenvalue weighted by Gasteiger charge is -2.26. The van der Waals surface area contributed by atoms with E-state index in [0.29, 0.717) is 30.8 Å². The predicted molar refractivity (Wildman–Crippen MR) is 70.6 cm³/mol. The first kappa shape index (κ1) is 12.3. The molecule has 1 aliphatic rings. The molecule has 2 heterocycles. The molecule has 1 saturated carbocycles. The van der Waals surface area contributed by atoms with Gasteiger partial charge in [-0.05, 0) is 25.8 Å². The molecule has 0 radical (unpaired) electrons. The fourth-order valence-corrected chi connectivity index (χ4v) is 2.54. The van der Waals surface area contributed by atoms with Crippen molar-refractivity contribution in [1.82, 2.24) is 24.5 Å². The van der Waals surface area contributed by atoms with E-state index in [1.807, 2.05) is 7.05 Å². The van der Waals surface area contributed by atoms with E-state index in [0.717, 1.165) is 5.69 Å². The van der Waals surface area contributed by atoms with Gasteiger partial charge in [0.15, 0.2) is 0 Å². The van der Waals surface area contributed by atoms with Gasteiger partial charge >= 0.3 is 0 Å². The van der Waals surface area contributed by atoms with Crippen LogP contribution in [0.3, 0.4) is 0 Å². The highest BCUT2D eigenvalue weighted by Crippen LogP contribution is 2.34. The molecule has 7 nitrogen and oxygen atoms in total. The molecular formula is C12H18N6O. The van der Waals surface area contributed by atoms with E-state index in [9.17, 15) is 4.79 Å². The van der Waals surface area contributed by atoms with Gasteiger partial charge in [-0.25, -0.2) is 9.97 Å². The van der Waals surface area contributed by atoms with E-state index in [4.69, 9.17) is 5.73 Å². The number of fused-ring (bicyclic) bond motifs is 1. The summed E-state index contributed by atoms with van der Waals surface area (Å²) < 4.78 is 1.32. The van der Waals surface area contributed by atoms with Crippen LogP contribution in [-0.4, -0.2) is 44.1 Å². The fourth-order valence-electron chi connectivity index (χ4n) is 2.54. The highest BCUT2D eigenvalue weighted by molar-refractivity contribution is 5.26. The number of rotatable bonds is 5. The average Bonchev–Trinajstić information content (AvgIpc) is 3.07. The molecule has 1 aliphatic carbocycles. The zero-order valence-electron chi connectivity index (χ0n) is 10.9. The van der Waals surface area contributed by atoms with Gasteiger partial charge in [-0.1, -0.05) is 0 Å². The van der Waals surface area contributed by atoms with E-state index >= 15 is 0 Å². The third-order valence-corrected chi connectivity index (χ3v) is 3.71. The number of aromatic amines is 1. The molecule has 7 heteroatoms. The standard InChI is InChI=1S/C12H18N6O/c1-17(10(5-13)8-2-3-8)6-9-4-11(19)18-12(16-9)14-7-15-18/h4,7-8,10H,2-3,5-6,13H2,1H3,(H,14,15,16). The predicted octanol–water partition coefficient (Wildman–Crippen LogP) is -0.413. The summed E-state index contributed by atoms with van der Waals surface area (Å²) in [5.41, 5.74) is 6.42. The Balaban J connectivity index is 1.82. The number of nitrogens with one attached hydrogen (secondary N) is 1. The number of aromatic nitrogens is 4. The van der Waals surface area contributed by atoms with Crippen molar-refractivity contribution in [3.8, 4) is 0 Å². The normalized spacial score (nSPS) is 17.2. The lowest BCUT2D eigenvalue weighted by Crippen LogP contribution is -2.39. The molecule has 2 aromatic heterocycles. The second kappa shape index (κ2) is 4.75. The monoisotopic (exact) mass is 262 g/mol. The SMILES string of the molecule is CN(Cc1cc(=O)n2[nH]cnc2n1)C(CN)C1CC1. The van der Waals surface area contributed by atoms with Crippen LogP contribution in [0, 0.1) is 5.92 Å². The van der Waals surface area contributed by atoms with Crippen molar-refractivity contribution in [2.75, 3.05) is 13.6 Å². The highest BCUT2D eigenvalue weighted by Gasteiger charge is 2.32. The second-order valence-corrected chi connectivity index (χ2v) is 5.16. The van der Waals surface area contributed by atoms with Crippen molar-refractivity contribution >= 4 is 5.78 Å². The van der Waals surface area contributed by atoms with E-state index in [1.54, 1.807) is 6.07 Å². The van der Waals surface area contributed by atoms with Gasteiger partial charge < -0.3 is 5.73 Å². The Bertz CT molecular complexity index is 628. The number of nitrogens with zero attached hydrogens (tertiary/aromatic N) is 4. The summed E-state index contributed by atoms with van der Waals surface area (Å²) in [6, 6.07) is 1.92. The summed E-state index contributed by atoms with van der Waals surface area (Å²) in [6.07, 6.45) is 3.96. The summed E-state index contributed by atoms with van der Waals surface area (Å²) in [5.74, 6) is 1.11. The highest BCUT2D eigenvalue weighted by atomic mass is 16.1. The van der Waals surface area contributed by atoms with Gasteiger partial charge in [0.25, 0.3) is 11.3 Å². The lowest BCUT2D eigenvalue weighted by atomic mass is 10.1. The Morgan fingerprint density at radius 3 is 3.11 bits per heavy atom. The van der Waals surface area contributed by atoms with Crippen molar-refractivity contribution < 1.29 is 0 Å². The van der Waals surface area contributed by atoms with Crippen LogP contribution in [0.4, 0.5) is 0 Å². The summed E-state index contributed by atoms with van der Waals surface area (Å²) in [4.78, 5) is 22.4. The molecule has 0 aromatic carbocycles. The van der Waals surface area contributed by atoms with Crippen LogP contribution in [0.5, 0.6) is 0 Å². The molecule has 2 aromatic rings. The van der Waals surface area contributed by atoms with Crippen LogP contribution in [0.25, 0.3) is 5.78 Å². The Morgan fingerprint density at radius 2 is 2.42 bits per heavy atom. The molecule has 1 atom stereocenters. The van der Waals surface area contributed by atoms with Crippen molar-refractivity contribution in [1.29, 1.82) is 0 Å². The molecule has 1 fully saturated rings. The number of hydrogen-bond acceptors (Lipinski definition) is 5. The molecule has 0 bridgehead atoms. The molecule has 0 saturated heterocycles. The fraction of sp³-hybridized carbons (Fsp3) is 0.583. The smallest absolute Gasteiger partial charge is 0.274 e. The van der Waals surface area contributed by atoms with Crippen LogP contribution in [0.15, 0.2) is 17.2 Å². The molecule has 0 spiro atoms. The first-order valence-corrected chi connectivity index (χ1v) is 6.51. The molecule has 19 heavy (non-hydrogen) atoms. The Labute approximate surface area is 110 Å². The van der Waals surface area contributed by atoms with Gasteiger partial charge in [0.1, 0.15) is 6.33 Å². The molecule has 102 valence electrons. The average molecular weight is 262 g/mol. The van der Waals surface area contributed by atoms with Gasteiger partial charge in [-0.15, -0.1) is 0 Å². The Morgan fingerprint density at radius 1 is 1.63 bits per heavy atom. The van der Waals surface area contributed by atoms with Gasteiger partial charge in [-0.3, -0.25) is 14.8 Å². The maximum absolute atomic E-state index is 11.8. The molecule has 1 unspecified atom stereocenters. The minimum atomic E-state index is -0.137. The van der Waals surface area contributed by atoms with Crippen molar-refractivity contribution in [2.24, 2.45) is 11.7 Å². The van der Waals surface area contributed by atoms with Gasteiger partial charge in [0.2, 0.25) is 0 Å². The number of H-pyrrole nitrogens is 1. The van der Waals surface area contributed by atoms with Crippen LogP contribution < -0.4 is 11.3 Å². The van der Waals surface area contributed by atoms with Crippen LogP contribution in [0.2, 0.25) is 0 Å². The van der Waals surface area contributed by atoms with Crippen LogP contribution in [0.1, 0.15) is 18.5 Å². The van der Waals surface area contributed by atoms with Gasteiger partial charge in [0, 0.05) is 25.2 Å². The van der Waals surface area contributed by atoms with Crippen molar-refractivity contribution in [3.63, 3.8) is 0 Å². The molecule has 0 aliphatic heterocycles. The minimum Gasteiger partial charge on any atom is -0.329 e. The lowest BCUT2D eigenvalue weighted by molar-refractivity contribution is 0.213. The molecule has 0 amide bonds. The zero-order valence-corrected chi connectivity index (χ0v) is 10.9. The minimum absolute atomic E-state index is 0.137. The van der Waals surface area contributed by atoms with Crippen LogP contribution in [-0.2, 0) is 6.54 Å². The van der Waals surface area contributed by atoms with E-state index in [1.165, 1.54) is 23.7 Å².